The summed E-state index contributed by atoms with van der Waals surface area (Å²) in [6.07, 6.45) is 0. The van der Waals surface area contributed by atoms with E-state index in [0.29, 0.717) is 11.1 Å². The van der Waals surface area contributed by atoms with Crippen molar-refractivity contribution in [1.29, 1.82) is 10.5 Å². The highest BCUT2D eigenvalue weighted by Gasteiger charge is 2.24. The molecule has 0 aliphatic heterocycles. The molecule has 2 aromatic rings. The third-order valence-corrected chi connectivity index (χ3v) is 3.12. The number of rotatable bonds is 3. The van der Waals surface area contributed by atoms with Gasteiger partial charge in [0.1, 0.15) is 11.5 Å². The number of phenols is 2. The van der Waals surface area contributed by atoms with E-state index in [9.17, 15) is 20.7 Å². The van der Waals surface area contributed by atoms with Crippen molar-refractivity contribution >= 4 is 0 Å². The topological polar surface area (TPSA) is 88.0 Å². The Morgan fingerprint density at radius 3 is 1.20 bits per heavy atom. The molecule has 98 valence electrons. The largest absolute Gasteiger partial charge is 0.508 e. The fourth-order valence-electron chi connectivity index (χ4n) is 2.05. The molecular formula is C16H12N2O2. The first-order chi connectivity index (χ1) is 9.65. The van der Waals surface area contributed by atoms with Crippen LogP contribution in [0.1, 0.15) is 23.0 Å². The number of hydrogen-bond donors (Lipinski definition) is 2. The molecule has 20 heavy (non-hydrogen) atoms. The summed E-state index contributed by atoms with van der Waals surface area (Å²) in [5, 5.41) is 37.3. The van der Waals surface area contributed by atoms with Crippen LogP contribution in [0.3, 0.4) is 0 Å². The fraction of sp³-hybridized carbons (Fsp3) is 0.125. The second-order valence-corrected chi connectivity index (χ2v) is 4.40. The maximum Gasteiger partial charge on any atom is 0.115 e. The third kappa shape index (κ3) is 2.71. The lowest BCUT2D eigenvalue weighted by molar-refractivity contribution is 0.474. The monoisotopic (exact) mass is 264 g/mol. The van der Waals surface area contributed by atoms with Crippen LogP contribution < -0.4 is 0 Å². The van der Waals surface area contributed by atoms with E-state index >= 15 is 0 Å². The van der Waals surface area contributed by atoms with Gasteiger partial charge in [0.15, 0.2) is 0 Å². The zero-order valence-electron chi connectivity index (χ0n) is 10.6. The summed E-state index contributed by atoms with van der Waals surface area (Å²) in [6.45, 7) is 0. The van der Waals surface area contributed by atoms with Crippen molar-refractivity contribution < 1.29 is 10.2 Å². The van der Waals surface area contributed by atoms with E-state index in [1.54, 1.807) is 24.3 Å². The second-order valence-electron chi connectivity index (χ2n) is 4.40. The quantitative estimate of drug-likeness (QED) is 0.891. The predicted molar refractivity (Wildman–Crippen MR) is 72.9 cm³/mol. The minimum Gasteiger partial charge on any atom is -0.508 e. The molecule has 2 rings (SSSR count). The van der Waals surface area contributed by atoms with E-state index in [2.05, 4.69) is 12.1 Å². The van der Waals surface area contributed by atoms with Crippen LogP contribution in [-0.4, -0.2) is 10.2 Å². The average Bonchev–Trinajstić information content (AvgIpc) is 2.47. The summed E-state index contributed by atoms with van der Waals surface area (Å²) < 4.78 is 0. The van der Waals surface area contributed by atoms with E-state index < -0.39 is 11.8 Å². The van der Waals surface area contributed by atoms with Gasteiger partial charge in [0.25, 0.3) is 0 Å². The van der Waals surface area contributed by atoms with Gasteiger partial charge >= 0.3 is 0 Å². The van der Waals surface area contributed by atoms with Crippen LogP contribution in [0.25, 0.3) is 0 Å². The molecule has 2 aromatic carbocycles. The molecule has 0 bridgehead atoms. The van der Waals surface area contributed by atoms with E-state index in [1.165, 1.54) is 24.3 Å². The number of hydrogen-bond acceptors (Lipinski definition) is 4. The van der Waals surface area contributed by atoms with Crippen LogP contribution in [0, 0.1) is 22.7 Å². The van der Waals surface area contributed by atoms with E-state index in [1.807, 2.05) is 0 Å². The van der Waals surface area contributed by atoms with Crippen LogP contribution >= 0.6 is 0 Å². The number of benzene rings is 2. The van der Waals surface area contributed by atoms with E-state index in [0.717, 1.165) is 0 Å². The molecule has 4 heteroatoms. The van der Waals surface area contributed by atoms with Crippen molar-refractivity contribution in [2.75, 3.05) is 0 Å². The number of aromatic hydroxyl groups is 2. The average molecular weight is 264 g/mol. The van der Waals surface area contributed by atoms with E-state index in [-0.39, 0.29) is 11.5 Å². The Morgan fingerprint density at radius 2 is 0.950 bits per heavy atom. The molecule has 0 amide bonds. The Bertz CT molecular complexity index is 602. The zero-order chi connectivity index (χ0) is 14.5. The smallest absolute Gasteiger partial charge is 0.115 e. The van der Waals surface area contributed by atoms with Crippen molar-refractivity contribution in [3.05, 3.63) is 59.7 Å². The summed E-state index contributed by atoms with van der Waals surface area (Å²) in [6, 6.07) is 16.8. The SMILES string of the molecule is N#CC(c1ccc(O)cc1)[C@@H](C#N)c1ccc(O)cc1. The fourth-order valence-corrected chi connectivity index (χ4v) is 2.05. The van der Waals surface area contributed by atoms with Gasteiger partial charge < -0.3 is 10.2 Å². The van der Waals surface area contributed by atoms with Gasteiger partial charge in [-0.3, -0.25) is 0 Å². The molecule has 0 aliphatic rings. The Morgan fingerprint density at radius 1 is 0.650 bits per heavy atom. The molecule has 0 spiro atoms. The Balaban J connectivity index is 2.38. The minimum atomic E-state index is -0.634. The van der Waals surface area contributed by atoms with Gasteiger partial charge in [0.05, 0.1) is 24.0 Å². The van der Waals surface area contributed by atoms with Gasteiger partial charge in [0, 0.05) is 0 Å². The second kappa shape index (κ2) is 5.77. The first-order valence-electron chi connectivity index (χ1n) is 6.03. The van der Waals surface area contributed by atoms with Crippen LogP contribution in [0.2, 0.25) is 0 Å². The molecule has 2 atom stereocenters. The predicted octanol–water partition coefficient (Wildman–Crippen LogP) is 3.01. The molecule has 0 fully saturated rings. The highest BCUT2D eigenvalue weighted by atomic mass is 16.3. The lowest BCUT2D eigenvalue weighted by Gasteiger charge is -2.16. The van der Waals surface area contributed by atoms with Crippen LogP contribution in [0.5, 0.6) is 11.5 Å². The number of nitrogens with zero attached hydrogens (tertiary/aromatic N) is 2. The summed E-state index contributed by atoms with van der Waals surface area (Å²) in [5.74, 6) is -1.04. The summed E-state index contributed by atoms with van der Waals surface area (Å²) >= 11 is 0. The van der Waals surface area contributed by atoms with Gasteiger partial charge in [-0.25, -0.2) is 0 Å². The third-order valence-electron chi connectivity index (χ3n) is 3.12. The molecule has 0 saturated heterocycles. The molecule has 0 radical (unpaired) electrons. The zero-order valence-corrected chi connectivity index (χ0v) is 10.6. The van der Waals surface area contributed by atoms with Gasteiger partial charge in [-0.1, -0.05) is 24.3 Å². The lowest BCUT2D eigenvalue weighted by atomic mass is 9.83. The van der Waals surface area contributed by atoms with Gasteiger partial charge in [-0.2, -0.15) is 10.5 Å². The Kier molecular flexibility index (Phi) is 3.88. The van der Waals surface area contributed by atoms with Crippen molar-refractivity contribution in [3.63, 3.8) is 0 Å². The number of nitriles is 2. The summed E-state index contributed by atoms with van der Waals surface area (Å²) in [4.78, 5) is 0. The molecular weight excluding hydrogens is 252 g/mol. The van der Waals surface area contributed by atoms with Gasteiger partial charge in [-0.15, -0.1) is 0 Å². The molecule has 0 saturated carbocycles. The molecule has 0 aliphatic carbocycles. The van der Waals surface area contributed by atoms with Crippen molar-refractivity contribution in [2.24, 2.45) is 0 Å². The first-order valence-corrected chi connectivity index (χ1v) is 6.03. The lowest BCUT2D eigenvalue weighted by Crippen LogP contribution is -2.08. The Labute approximate surface area is 116 Å². The van der Waals surface area contributed by atoms with Gasteiger partial charge in [-0.05, 0) is 35.4 Å². The highest BCUT2D eigenvalue weighted by Crippen LogP contribution is 2.33. The van der Waals surface area contributed by atoms with Crippen molar-refractivity contribution in [2.45, 2.75) is 11.8 Å². The number of phenolic OH excluding ortho intramolecular Hbond substituents is 2. The van der Waals surface area contributed by atoms with Crippen LogP contribution in [0.15, 0.2) is 48.5 Å². The van der Waals surface area contributed by atoms with E-state index in [4.69, 9.17) is 0 Å². The van der Waals surface area contributed by atoms with Gasteiger partial charge in [0.2, 0.25) is 0 Å². The van der Waals surface area contributed by atoms with Crippen molar-refractivity contribution in [3.8, 4) is 23.6 Å². The summed E-state index contributed by atoms with van der Waals surface area (Å²) in [5.41, 5.74) is 1.34. The Hall–Kier alpha value is -2.98. The van der Waals surface area contributed by atoms with Crippen LogP contribution in [0.4, 0.5) is 0 Å². The maximum absolute atomic E-state index is 9.35. The standard InChI is InChI=1S/C16H12N2O2/c17-9-15(11-1-5-13(19)6-2-11)16(10-18)12-3-7-14(20)8-4-12/h1-8,15-16,19-20H/t15-,16?/m0/s1. The minimum absolute atomic E-state index is 0.114. The molecule has 0 heterocycles. The molecule has 2 N–H and O–H groups in total. The molecule has 1 unspecified atom stereocenters. The van der Waals surface area contributed by atoms with Crippen molar-refractivity contribution in [1.82, 2.24) is 0 Å². The maximum atomic E-state index is 9.35. The highest BCUT2D eigenvalue weighted by molar-refractivity contribution is 5.40. The molecule has 0 aromatic heterocycles. The molecule has 4 nitrogen and oxygen atoms in total. The summed E-state index contributed by atoms with van der Waals surface area (Å²) in [7, 11) is 0. The normalized spacial score (nSPS) is 12.9. The van der Waals surface area contributed by atoms with Crippen LogP contribution in [-0.2, 0) is 0 Å². The first kappa shape index (κ1) is 13.5.